The second-order valence-corrected chi connectivity index (χ2v) is 6.92. The van der Waals surface area contributed by atoms with Crippen molar-refractivity contribution in [1.29, 1.82) is 0 Å². The molecule has 128 valence electrons. The molecule has 0 saturated carbocycles. The van der Waals surface area contributed by atoms with Gasteiger partial charge in [-0.3, -0.25) is 4.79 Å². The summed E-state index contributed by atoms with van der Waals surface area (Å²) in [5.41, 5.74) is 0.875. The van der Waals surface area contributed by atoms with Crippen LogP contribution < -0.4 is 14.8 Å². The Morgan fingerprint density at radius 3 is 2.29 bits per heavy atom. The first-order chi connectivity index (χ1) is 11.4. The molecule has 7 heteroatoms. The van der Waals surface area contributed by atoms with Crippen LogP contribution in [0.1, 0.15) is 12.5 Å². The topological polar surface area (TPSA) is 84.5 Å². The van der Waals surface area contributed by atoms with E-state index in [9.17, 15) is 13.2 Å². The fourth-order valence-electron chi connectivity index (χ4n) is 2.02. The van der Waals surface area contributed by atoms with E-state index < -0.39 is 16.1 Å². The van der Waals surface area contributed by atoms with Crippen LogP contribution in [0, 0.1) is 0 Å². The summed E-state index contributed by atoms with van der Waals surface area (Å²) < 4.78 is 32.5. The normalized spacial score (nSPS) is 12.4. The average Bonchev–Trinajstić information content (AvgIpc) is 2.60. The molecule has 0 aliphatic heterocycles. The number of hydrogen-bond donors (Lipinski definition) is 2. The van der Waals surface area contributed by atoms with E-state index >= 15 is 0 Å². The van der Waals surface area contributed by atoms with Crippen molar-refractivity contribution in [3.8, 4) is 5.75 Å². The Hall–Kier alpha value is -2.38. The van der Waals surface area contributed by atoms with Gasteiger partial charge in [0.05, 0.1) is 4.90 Å². The third-order valence-electron chi connectivity index (χ3n) is 3.37. The number of carbonyl (C=O) groups excluding carboxylic acids is 1. The van der Waals surface area contributed by atoms with E-state index in [4.69, 9.17) is 4.74 Å². The summed E-state index contributed by atoms with van der Waals surface area (Å²) in [7, 11) is -2.09. The van der Waals surface area contributed by atoms with E-state index in [2.05, 4.69) is 10.0 Å². The lowest BCUT2D eigenvalue weighted by atomic mass is 10.2. The van der Waals surface area contributed by atoms with Crippen molar-refractivity contribution in [2.75, 3.05) is 7.05 Å². The number of amides is 1. The van der Waals surface area contributed by atoms with Crippen LogP contribution in [-0.2, 0) is 21.4 Å². The number of likely N-dealkylation sites (N-methyl/N-ethyl adjacent to an activating group) is 1. The van der Waals surface area contributed by atoms with Crippen LogP contribution in [0.4, 0.5) is 0 Å². The SMILES string of the molecule is CNC(=O)[C@@H](C)Oc1ccc(S(=O)(=O)NCc2ccccc2)cc1. The molecule has 0 aliphatic rings. The molecule has 2 aromatic rings. The van der Waals surface area contributed by atoms with Gasteiger partial charge in [0.2, 0.25) is 10.0 Å². The Bertz CT molecular complexity index is 774. The molecule has 2 rings (SSSR count). The zero-order valence-electron chi connectivity index (χ0n) is 13.5. The van der Waals surface area contributed by atoms with Crippen molar-refractivity contribution >= 4 is 15.9 Å². The highest BCUT2D eigenvalue weighted by Crippen LogP contribution is 2.17. The molecule has 0 aliphatic carbocycles. The van der Waals surface area contributed by atoms with Crippen LogP contribution in [-0.4, -0.2) is 27.5 Å². The van der Waals surface area contributed by atoms with Crippen LogP contribution >= 0.6 is 0 Å². The van der Waals surface area contributed by atoms with E-state index in [1.165, 1.54) is 31.3 Å². The number of benzene rings is 2. The van der Waals surface area contributed by atoms with Gasteiger partial charge in [0.1, 0.15) is 5.75 Å². The number of ether oxygens (including phenoxy) is 1. The van der Waals surface area contributed by atoms with E-state index in [-0.39, 0.29) is 17.3 Å². The standard InChI is InChI=1S/C17H20N2O4S/c1-13(17(20)18-2)23-15-8-10-16(11-9-15)24(21,22)19-12-14-6-4-3-5-7-14/h3-11,13,19H,12H2,1-2H3,(H,18,20)/t13-/m1/s1. The predicted octanol–water partition coefficient (Wildman–Crippen LogP) is 1.68. The van der Waals surface area contributed by atoms with Gasteiger partial charge < -0.3 is 10.1 Å². The highest BCUT2D eigenvalue weighted by atomic mass is 32.2. The lowest BCUT2D eigenvalue weighted by Gasteiger charge is -2.13. The summed E-state index contributed by atoms with van der Waals surface area (Å²) in [5, 5.41) is 2.48. The summed E-state index contributed by atoms with van der Waals surface area (Å²) in [6.45, 7) is 1.83. The molecule has 0 aromatic heterocycles. The second-order valence-electron chi connectivity index (χ2n) is 5.16. The summed E-state index contributed by atoms with van der Waals surface area (Å²) in [4.78, 5) is 11.6. The van der Waals surface area contributed by atoms with E-state index in [0.717, 1.165) is 5.56 Å². The molecule has 0 fully saturated rings. The number of nitrogens with one attached hydrogen (secondary N) is 2. The third kappa shape index (κ3) is 4.81. The Kier molecular flexibility index (Phi) is 5.94. The van der Waals surface area contributed by atoms with Crippen LogP contribution in [0.3, 0.4) is 0 Å². The smallest absolute Gasteiger partial charge is 0.260 e. The maximum atomic E-state index is 12.3. The van der Waals surface area contributed by atoms with Crippen LogP contribution in [0.2, 0.25) is 0 Å². The Morgan fingerprint density at radius 2 is 1.71 bits per heavy atom. The lowest BCUT2D eigenvalue weighted by Crippen LogP contribution is -2.33. The molecule has 0 radical (unpaired) electrons. The number of rotatable bonds is 7. The molecule has 2 aromatic carbocycles. The summed E-state index contributed by atoms with van der Waals surface area (Å²) in [6, 6.07) is 15.2. The fourth-order valence-corrected chi connectivity index (χ4v) is 3.03. The maximum Gasteiger partial charge on any atom is 0.260 e. The zero-order valence-corrected chi connectivity index (χ0v) is 14.3. The van der Waals surface area contributed by atoms with Gasteiger partial charge in [0, 0.05) is 13.6 Å². The molecular formula is C17H20N2O4S. The first kappa shape index (κ1) is 18.0. The third-order valence-corrected chi connectivity index (χ3v) is 4.79. The molecule has 0 heterocycles. The van der Waals surface area contributed by atoms with E-state index in [0.29, 0.717) is 5.75 Å². The molecule has 2 N–H and O–H groups in total. The fraction of sp³-hybridized carbons (Fsp3) is 0.235. The first-order valence-electron chi connectivity index (χ1n) is 7.44. The molecule has 24 heavy (non-hydrogen) atoms. The summed E-state index contributed by atoms with van der Waals surface area (Å²) in [6.07, 6.45) is -0.659. The molecule has 0 spiro atoms. The minimum absolute atomic E-state index is 0.137. The summed E-state index contributed by atoms with van der Waals surface area (Å²) >= 11 is 0. The quantitative estimate of drug-likeness (QED) is 0.797. The van der Waals surface area contributed by atoms with E-state index in [1.54, 1.807) is 6.92 Å². The van der Waals surface area contributed by atoms with Gasteiger partial charge in [-0.15, -0.1) is 0 Å². The second kappa shape index (κ2) is 7.94. The predicted molar refractivity (Wildman–Crippen MR) is 91.1 cm³/mol. The Morgan fingerprint density at radius 1 is 1.08 bits per heavy atom. The van der Waals surface area contributed by atoms with Crippen molar-refractivity contribution in [3.05, 3.63) is 60.2 Å². The molecule has 0 unspecified atom stereocenters. The van der Waals surface area contributed by atoms with Gasteiger partial charge in [-0.25, -0.2) is 13.1 Å². The minimum atomic E-state index is -3.61. The van der Waals surface area contributed by atoms with Crippen LogP contribution in [0.15, 0.2) is 59.5 Å². The highest BCUT2D eigenvalue weighted by Gasteiger charge is 2.15. The molecule has 1 amide bonds. The van der Waals surface area contributed by atoms with Gasteiger partial charge in [-0.2, -0.15) is 0 Å². The zero-order chi connectivity index (χ0) is 17.6. The Balaban J connectivity index is 2.02. The monoisotopic (exact) mass is 348 g/mol. The lowest BCUT2D eigenvalue weighted by molar-refractivity contribution is -0.126. The van der Waals surface area contributed by atoms with Crippen molar-refractivity contribution < 1.29 is 17.9 Å². The molecule has 1 atom stereocenters. The molecule has 0 bridgehead atoms. The highest BCUT2D eigenvalue weighted by molar-refractivity contribution is 7.89. The van der Waals surface area contributed by atoms with Crippen molar-refractivity contribution in [2.24, 2.45) is 0 Å². The number of sulfonamides is 1. The average molecular weight is 348 g/mol. The molecule has 0 saturated heterocycles. The van der Waals surface area contributed by atoms with Gasteiger partial charge in [0.25, 0.3) is 5.91 Å². The van der Waals surface area contributed by atoms with Crippen molar-refractivity contribution in [1.82, 2.24) is 10.0 Å². The Labute approximate surface area is 141 Å². The number of carbonyl (C=O) groups is 1. The van der Waals surface area contributed by atoms with Crippen LogP contribution in [0.5, 0.6) is 5.75 Å². The van der Waals surface area contributed by atoms with Crippen LogP contribution in [0.25, 0.3) is 0 Å². The van der Waals surface area contributed by atoms with Gasteiger partial charge in [0.15, 0.2) is 6.10 Å². The minimum Gasteiger partial charge on any atom is -0.481 e. The summed E-state index contributed by atoms with van der Waals surface area (Å²) in [5.74, 6) is 0.171. The van der Waals surface area contributed by atoms with Crippen molar-refractivity contribution in [3.63, 3.8) is 0 Å². The first-order valence-corrected chi connectivity index (χ1v) is 8.92. The maximum absolute atomic E-state index is 12.3. The largest absolute Gasteiger partial charge is 0.481 e. The molecule has 6 nitrogen and oxygen atoms in total. The van der Waals surface area contributed by atoms with Gasteiger partial charge in [-0.1, -0.05) is 30.3 Å². The van der Waals surface area contributed by atoms with Gasteiger partial charge in [-0.05, 0) is 36.8 Å². The van der Waals surface area contributed by atoms with E-state index in [1.807, 2.05) is 30.3 Å². The van der Waals surface area contributed by atoms with Crippen molar-refractivity contribution in [2.45, 2.75) is 24.5 Å². The van der Waals surface area contributed by atoms with Gasteiger partial charge >= 0.3 is 0 Å². The number of hydrogen-bond acceptors (Lipinski definition) is 4. The molecular weight excluding hydrogens is 328 g/mol.